The smallest absolute Gasteiger partial charge is 0.191 e. The molecule has 5 nitrogen and oxygen atoms in total. The van der Waals surface area contributed by atoms with Crippen molar-refractivity contribution in [3.05, 3.63) is 0 Å². The predicted octanol–water partition coefficient (Wildman–Crippen LogP) is 3.38. The summed E-state index contributed by atoms with van der Waals surface area (Å²) in [4.78, 5) is 7.30. The maximum absolute atomic E-state index is 5.91. The Bertz CT molecular complexity index is 353. The third kappa shape index (κ3) is 9.43. The maximum Gasteiger partial charge on any atom is 0.191 e. The van der Waals surface area contributed by atoms with Gasteiger partial charge >= 0.3 is 0 Å². The normalized spacial score (nSPS) is 20.5. The highest BCUT2D eigenvalue weighted by molar-refractivity contribution is 14.0. The van der Waals surface area contributed by atoms with Gasteiger partial charge in [-0.25, -0.2) is 0 Å². The molecule has 148 valence electrons. The van der Waals surface area contributed by atoms with Crippen molar-refractivity contribution in [2.75, 3.05) is 39.3 Å². The molecule has 1 saturated heterocycles. The second-order valence-corrected chi connectivity index (χ2v) is 7.15. The topological polar surface area (TPSA) is 48.9 Å². The molecule has 2 N–H and O–H groups in total. The summed E-state index contributed by atoms with van der Waals surface area (Å²) in [7, 11) is 0. The number of ether oxygens (including phenoxy) is 1. The molecular weight excluding hydrogens is 427 g/mol. The Hall–Kier alpha value is -0.0800. The summed E-state index contributed by atoms with van der Waals surface area (Å²) >= 11 is 0. The van der Waals surface area contributed by atoms with Gasteiger partial charge in [0.2, 0.25) is 0 Å². The first-order chi connectivity index (χ1) is 11.8. The number of rotatable bonds is 9. The minimum atomic E-state index is 0. The number of aliphatic imine (C=N–C) groups is 1. The second-order valence-electron chi connectivity index (χ2n) is 7.15. The van der Waals surface area contributed by atoms with Crippen molar-refractivity contribution >= 4 is 29.9 Å². The van der Waals surface area contributed by atoms with Gasteiger partial charge in [0.1, 0.15) is 0 Å². The van der Waals surface area contributed by atoms with Crippen LogP contribution < -0.4 is 10.6 Å². The molecule has 0 atom stereocenters. The molecule has 1 aliphatic carbocycles. The van der Waals surface area contributed by atoms with Crippen LogP contribution in [0.4, 0.5) is 0 Å². The van der Waals surface area contributed by atoms with E-state index in [9.17, 15) is 0 Å². The number of hydrogen-bond donors (Lipinski definition) is 2. The third-order valence-electron chi connectivity index (χ3n) is 5.04. The SMILES string of the molecule is CCCN1CCC(NC(=NCCCOC2CCCC2)NCC)CC1.I. The minimum Gasteiger partial charge on any atom is -0.378 e. The van der Waals surface area contributed by atoms with Crippen LogP contribution >= 0.6 is 24.0 Å². The molecule has 1 saturated carbocycles. The Labute approximate surface area is 171 Å². The van der Waals surface area contributed by atoms with E-state index in [1.54, 1.807) is 0 Å². The molecule has 1 aliphatic heterocycles. The number of guanidine groups is 1. The number of piperidine rings is 1. The zero-order chi connectivity index (χ0) is 17.0. The van der Waals surface area contributed by atoms with Gasteiger partial charge in [-0.15, -0.1) is 24.0 Å². The van der Waals surface area contributed by atoms with E-state index in [2.05, 4.69) is 29.4 Å². The molecular formula is C19H39IN4O. The fourth-order valence-corrected chi connectivity index (χ4v) is 3.69. The van der Waals surface area contributed by atoms with Crippen molar-refractivity contribution < 1.29 is 4.74 Å². The monoisotopic (exact) mass is 466 g/mol. The fraction of sp³-hybridized carbons (Fsp3) is 0.947. The van der Waals surface area contributed by atoms with E-state index in [4.69, 9.17) is 9.73 Å². The molecule has 0 aromatic rings. The Morgan fingerprint density at radius 1 is 1.12 bits per heavy atom. The van der Waals surface area contributed by atoms with E-state index in [0.717, 1.165) is 32.1 Å². The Morgan fingerprint density at radius 2 is 1.84 bits per heavy atom. The summed E-state index contributed by atoms with van der Waals surface area (Å²) in [6.07, 6.45) is 10.4. The molecule has 1 heterocycles. The number of nitrogens with one attached hydrogen (secondary N) is 2. The molecule has 0 spiro atoms. The lowest BCUT2D eigenvalue weighted by Crippen LogP contribution is -2.48. The molecule has 25 heavy (non-hydrogen) atoms. The van der Waals surface area contributed by atoms with Crippen molar-refractivity contribution in [3.8, 4) is 0 Å². The first-order valence-corrected chi connectivity index (χ1v) is 10.2. The van der Waals surface area contributed by atoms with Crippen molar-refractivity contribution in [3.63, 3.8) is 0 Å². The van der Waals surface area contributed by atoms with Gasteiger partial charge in [-0.1, -0.05) is 19.8 Å². The van der Waals surface area contributed by atoms with Gasteiger partial charge in [-0.2, -0.15) is 0 Å². The molecule has 0 unspecified atom stereocenters. The summed E-state index contributed by atoms with van der Waals surface area (Å²) in [5.41, 5.74) is 0. The van der Waals surface area contributed by atoms with Gasteiger partial charge in [0.15, 0.2) is 5.96 Å². The zero-order valence-electron chi connectivity index (χ0n) is 16.3. The average molecular weight is 466 g/mol. The third-order valence-corrected chi connectivity index (χ3v) is 5.04. The van der Waals surface area contributed by atoms with Gasteiger partial charge < -0.3 is 20.3 Å². The number of hydrogen-bond acceptors (Lipinski definition) is 3. The molecule has 2 aliphatic rings. The van der Waals surface area contributed by atoms with E-state index in [-0.39, 0.29) is 24.0 Å². The highest BCUT2D eigenvalue weighted by atomic mass is 127. The Morgan fingerprint density at radius 3 is 2.48 bits per heavy atom. The lowest BCUT2D eigenvalue weighted by Gasteiger charge is -2.32. The van der Waals surface area contributed by atoms with Gasteiger partial charge in [0.05, 0.1) is 6.10 Å². The van der Waals surface area contributed by atoms with Crippen LogP contribution in [-0.4, -0.2) is 62.3 Å². The second kappa shape index (κ2) is 14.0. The summed E-state index contributed by atoms with van der Waals surface area (Å²) < 4.78 is 5.91. The molecule has 2 fully saturated rings. The summed E-state index contributed by atoms with van der Waals surface area (Å²) in [5.74, 6) is 0.979. The van der Waals surface area contributed by atoms with Crippen LogP contribution in [0.25, 0.3) is 0 Å². The van der Waals surface area contributed by atoms with Crippen molar-refractivity contribution in [2.45, 2.75) is 77.4 Å². The summed E-state index contributed by atoms with van der Waals surface area (Å²) in [6, 6.07) is 0.561. The lowest BCUT2D eigenvalue weighted by molar-refractivity contribution is 0.0579. The minimum absolute atomic E-state index is 0. The van der Waals surface area contributed by atoms with E-state index in [0.29, 0.717) is 12.1 Å². The first-order valence-electron chi connectivity index (χ1n) is 10.2. The van der Waals surface area contributed by atoms with Crippen LogP contribution in [0.2, 0.25) is 0 Å². The van der Waals surface area contributed by atoms with Crippen LogP contribution in [-0.2, 0) is 4.74 Å². The van der Waals surface area contributed by atoms with Crippen molar-refractivity contribution in [2.24, 2.45) is 4.99 Å². The molecule has 6 heteroatoms. The standard InChI is InChI=1S/C19H38N4O.HI/c1-3-13-23-14-10-17(11-15-23)22-19(20-4-2)21-12-7-16-24-18-8-5-6-9-18;/h17-18H,3-16H2,1-2H3,(H2,20,21,22);1H. The number of halogens is 1. The number of nitrogens with zero attached hydrogens (tertiary/aromatic N) is 2. The predicted molar refractivity (Wildman–Crippen MR) is 117 cm³/mol. The van der Waals surface area contributed by atoms with Gasteiger partial charge in [-0.3, -0.25) is 4.99 Å². The molecule has 0 bridgehead atoms. The Balaban J connectivity index is 0.00000312. The van der Waals surface area contributed by atoms with Gasteiger partial charge in [0, 0.05) is 38.8 Å². The lowest BCUT2D eigenvalue weighted by atomic mass is 10.1. The van der Waals surface area contributed by atoms with Crippen LogP contribution in [0, 0.1) is 0 Å². The molecule has 0 radical (unpaired) electrons. The van der Waals surface area contributed by atoms with Gasteiger partial charge in [0.25, 0.3) is 0 Å². The largest absolute Gasteiger partial charge is 0.378 e. The first kappa shape index (κ1) is 23.0. The van der Waals surface area contributed by atoms with Crippen molar-refractivity contribution in [1.29, 1.82) is 0 Å². The quantitative estimate of drug-likeness (QED) is 0.237. The molecule has 0 aromatic heterocycles. The summed E-state index contributed by atoms with van der Waals surface area (Å²) in [6.45, 7) is 10.7. The zero-order valence-corrected chi connectivity index (χ0v) is 18.6. The Kier molecular flexibility index (Phi) is 12.9. The van der Waals surface area contributed by atoms with Crippen LogP contribution in [0.3, 0.4) is 0 Å². The van der Waals surface area contributed by atoms with Crippen LogP contribution in [0.15, 0.2) is 4.99 Å². The van der Waals surface area contributed by atoms with E-state index in [1.807, 2.05) is 0 Å². The average Bonchev–Trinajstić information content (AvgIpc) is 3.10. The fourth-order valence-electron chi connectivity index (χ4n) is 3.69. The van der Waals surface area contributed by atoms with E-state index < -0.39 is 0 Å². The number of likely N-dealkylation sites (tertiary alicyclic amines) is 1. The molecule has 0 aromatic carbocycles. The molecule has 0 amide bonds. The summed E-state index contributed by atoms with van der Waals surface area (Å²) in [5, 5.41) is 7.01. The highest BCUT2D eigenvalue weighted by Crippen LogP contribution is 2.20. The highest BCUT2D eigenvalue weighted by Gasteiger charge is 2.19. The van der Waals surface area contributed by atoms with E-state index in [1.165, 1.54) is 64.6 Å². The van der Waals surface area contributed by atoms with E-state index >= 15 is 0 Å². The maximum atomic E-state index is 5.91. The molecule has 2 rings (SSSR count). The van der Waals surface area contributed by atoms with Crippen LogP contribution in [0.1, 0.15) is 65.2 Å². The van der Waals surface area contributed by atoms with Crippen molar-refractivity contribution in [1.82, 2.24) is 15.5 Å². The van der Waals surface area contributed by atoms with Crippen LogP contribution in [0.5, 0.6) is 0 Å². The van der Waals surface area contributed by atoms with Gasteiger partial charge in [-0.05, 0) is 52.0 Å².